The summed E-state index contributed by atoms with van der Waals surface area (Å²) < 4.78 is 0. The van der Waals surface area contributed by atoms with Crippen molar-refractivity contribution in [1.82, 2.24) is 10.3 Å². The third-order valence-electron chi connectivity index (χ3n) is 2.69. The Morgan fingerprint density at radius 2 is 2.47 bits per heavy atom. The number of hydrogen-bond donors (Lipinski definition) is 1. The number of aromatic nitrogens is 1. The molecule has 0 bridgehead atoms. The lowest BCUT2D eigenvalue weighted by atomic mass is 10.2. The summed E-state index contributed by atoms with van der Waals surface area (Å²) in [6.45, 7) is 4.53. The summed E-state index contributed by atoms with van der Waals surface area (Å²) in [6.07, 6.45) is 1.24. The minimum Gasteiger partial charge on any atom is -0.353 e. The first-order valence-corrected chi connectivity index (χ1v) is 5.74. The van der Waals surface area contributed by atoms with Gasteiger partial charge in [-0.15, -0.1) is 0 Å². The van der Waals surface area contributed by atoms with Gasteiger partial charge in [-0.2, -0.15) is 0 Å². The van der Waals surface area contributed by atoms with Crippen LogP contribution in [-0.2, 0) is 0 Å². The molecule has 92 valence electrons. The van der Waals surface area contributed by atoms with E-state index in [0.29, 0.717) is 16.9 Å². The van der Waals surface area contributed by atoms with E-state index in [1.165, 1.54) is 12.3 Å². The van der Waals surface area contributed by atoms with Gasteiger partial charge in [0.1, 0.15) is 12.0 Å². The summed E-state index contributed by atoms with van der Waals surface area (Å²) in [4.78, 5) is 16.2. The fourth-order valence-corrected chi connectivity index (χ4v) is 2.16. The number of pyridine rings is 1. The molecule has 1 atom stereocenters. The number of nitrogens with one attached hydrogen (secondary N) is 1. The van der Waals surface area contributed by atoms with Gasteiger partial charge < -0.3 is 10.2 Å². The number of rotatable bonds is 2. The van der Waals surface area contributed by atoms with E-state index < -0.39 is 4.92 Å². The lowest BCUT2D eigenvalue weighted by Crippen LogP contribution is -2.49. The Balaban J connectivity index is 2.23. The van der Waals surface area contributed by atoms with E-state index in [1.807, 2.05) is 4.90 Å². The zero-order valence-electron chi connectivity index (χ0n) is 9.39. The third kappa shape index (κ3) is 2.65. The van der Waals surface area contributed by atoms with Crippen LogP contribution in [0.25, 0.3) is 0 Å². The van der Waals surface area contributed by atoms with Gasteiger partial charge in [0.2, 0.25) is 0 Å². The Morgan fingerprint density at radius 3 is 3.06 bits per heavy atom. The minimum atomic E-state index is -0.497. The molecule has 0 amide bonds. The molecule has 0 aromatic carbocycles. The lowest BCUT2D eigenvalue weighted by Gasteiger charge is -2.33. The van der Waals surface area contributed by atoms with Crippen LogP contribution in [0.4, 0.5) is 11.5 Å². The van der Waals surface area contributed by atoms with Gasteiger partial charge in [-0.05, 0) is 6.92 Å². The molecule has 1 aliphatic heterocycles. The van der Waals surface area contributed by atoms with E-state index in [4.69, 9.17) is 11.6 Å². The lowest BCUT2D eigenvalue weighted by molar-refractivity contribution is -0.385. The largest absolute Gasteiger partial charge is 0.353 e. The van der Waals surface area contributed by atoms with Crippen molar-refractivity contribution in [3.05, 3.63) is 27.4 Å². The van der Waals surface area contributed by atoms with Crippen LogP contribution in [0.1, 0.15) is 6.92 Å². The fraction of sp³-hybridized carbons (Fsp3) is 0.500. The average Bonchev–Trinajstić information content (AvgIpc) is 2.28. The van der Waals surface area contributed by atoms with Crippen LogP contribution in [0.5, 0.6) is 0 Å². The van der Waals surface area contributed by atoms with Crippen LogP contribution in [-0.4, -0.2) is 35.6 Å². The standard InChI is InChI=1S/C10H13ClN4O2/c1-7-6-14(3-2-12-7)10-9(11)4-8(5-13-10)15(16)17/h4-5,7,12H,2-3,6H2,1H3/t7-/m0/s1. The van der Waals surface area contributed by atoms with E-state index in [1.54, 1.807) is 0 Å². The molecule has 0 unspecified atom stereocenters. The molecule has 6 nitrogen and oxygen atoms in total. The van der Waals surface area contributed by atoms with Gasteiger partial charge >= 0.3 is 0 Å². The third-order valence-corrected chi connectivity index (χ3v) is 2.96. The molecule has 1 aromatic rings. The van der Waals surface area contributed by atoms with Gasteiger partial charge in [0.25, 0.3) is 5.69 Å². The Bertz CT molecular complexity index is 440. The Kier molecular flexibility index (Phi) is 3.44. The highest BCUT2D eigenvalue weighted by Crippen LogP contribution is 2.27. The SMILES string of the molecule is C[C@H]1CN(c2ncc([N+](=O)[O-])cc2Cl)CCN1. The molecule has 1 aromatic heterocycles. The maximum Gasteiger partial charge on any atom is 0.289 e. The molecule has 0 radical (unpaired) electrons. The monoisotopic (exact) mass is 256 g/mol. The van der Waals surface area contributed by atoms with Gasteiger partial charge in [-0.1, -0.05) is 11.6 Å². The molecule has 1 N–H and O–H groups in total. The predicted octanol–water partition coefficient (Wildman–Crippen LogP) is 1.44. The molecule has 0 spiro atoms. The van der Waals surface area contributed by atoms with E-state index in [0.717, 1.165) is 19.6 Å². The highest BCUT2D eigenvalue weighted by atomic mass is 35.5. The molecular weight excluding hydrogens is 244 g/mol. The Labute approximate surface area is 104 Å². The van der Waals surface area contributed by atoms with Gasteiger partial charge in [0.05, 0.1) is 9.95 Å². The number of piperazine rings is 1. The van der Waals surface area contributed by atoms with Crippen molar-refractivity contribution >= 4 is 23.1 Å². The van der Waals surface area contributed by atoms with Crippen LogP contribution in [0.2, 0.25) is 5.02 Å². The highest BCUT2D eigenvalue weighted by Gasteiger charge is 2.20. The second-order valence-corrected chi connectivity index (χ2v) is 4.46. The summed E-state index contributed by atoms with van der Waals surface area (Å²) in [5, 5.41) is 14.2. The van der Waals surface area contributed by atoms with E-state index in [2.05, 4.69) is 17.2 Å². The molecular formula is C10H13ClN4O2. The van der Waals surface area contributed by atoms with E-state index >= 15 is 0 Å². The zero-order valence-corrected chi connectivity index (χ0v) is 10.1. The molecule has 1 saturated heterocycles. The zero-order chi connectivity index (χ0) is 12.4. The van der Waals surface area contributed by atoms with E-state index in [-0.39, 0.29) is 5.69 Å². The fourth-order valence-electron chi connectivity index (χ4n) is 1.88. The van der Waals surface area contributed by atoms with Crippen molar-refractivity contribution in [2.75, 3.05) is 24.5 Å². The number of nitro groups is 1. The smallest absolute Gasteiger partial charge is 0.289 e. The van der Waals surface area contributed by atoms with Crippen molar-refractivity contribution in [2.45, 2.75) is 13.0 Å². The van der Waals surface area contributed by atoms with Crippen LogP contribution in [0.3, 0.4) is 0 Å². The van der Waals surface area contributed by atoms with Crippen LogP contribution < -0.4 is 10.2 Å². The molecule has 17 heavy (non-hydrogen) atoms. The number of anilines is 1. The maximum absolute atomic E-state index is 10.6. The summed E-state index contributed by atoms with van der Waals surface area (Å²) in [5.74, 6) is 0.616. The second kappa shape index (κ2) is 4.85. The summed E-state index contributed by atoms with van der Waals surface area (Å²) in [6, 6.07) is 1.70. The molecule has 1 fully saturated rings. The van der Waals surface area contributed by atoms with Crippen LogP contribution >= 0.6 is 11.6 Å². The molecule has 0 aliphatic carbocycles. The van der Waals surface area contributed by atoms with Gasteiger partial charge in [-0.3, -0.25) is 10.1 Å². The minimum absolute atomic E-state index is 0.0815. The average molecular weight is 257 g/mol. The number of hydrogen-bond acceptors (Lipinski definition) is 5. The summed E-state index contributed by atoms with van der Waals surface area (Å²) in [7, 11) is 0. The van der Waals surface area contributed by atoms with Crippen molar-refractivity contribution < 1.29 is 4.92 Å². The Hall–Kier alpha value is -1.40. The molecule has 7 heteroatoms. The van der Waals surface area contributed by atoms with Crippen LogP contribution in [0, 0.1) is 10.1 Å². The van der Waals surface area contributed by atoms with Crippen molar-refractivity contribution in [1.29, 1.82) is 0 Å². The van der Waals surface area contributed by atoms with Crippen molar-refractivity contribution in [2.24, 2.45) is 0 Å². The van der Waals surface area contributed by atoms with Gasteiger partial charge in [0, 0.05) is 31.7 Å². The molecule has 2 heterocycles. The first-order chi connectivity index (χ1) is 8.08. The topological polar surface area (TPSA) is 71.3 Å². The van der Waals surface area contributed by atoms with Crippen molar-refractivity contribution in [3.63, 3.8) is 0 Å². The maximum atomic E-state index is 10.6. The predicted molar refractivity (Wildman–Crippen MR) is 65.6 cm³/mol. The Morgan fingerprint density at radius 1 is 1.71 bits per heavy atom. The first-order valence-electron chi connectivity index (χ1n) is 5.36. The number of nitrogens with zero attached hydrogens (tertiary/aromatic N) is 3. The van der Waals surface area contributed by atoms with Gasteiger partial charge in [-0.25, -0.2) is 4.98 Å². The molecule has 2 rings (SSSR count). The quantitative estimate of drug-likeness (QED) is 0.640. The van der Waals surface area contributed by atoms with E-state index in [9.17, 15) is 10.1 Å². The van der Waals surface area contributed by atoms with Crippen LogP contribution in [0.15, 0.2) is 12.3 Å². The van der Waals surface area contributed by atoms with Crippen molar-refractivity contribution in [3.8, 4) is 0 Å². The summed E-state index contributed by atoms with van der Waals surface area (Å²) >= 11 is 6.03. The highest BCUT2D eigenvalue weighted by molar-refractivity contribution is 6.33. The van der Waals surface area contributed by atoms with Gasteiger partial charge in [0.15, 0.2) is 0 Å². The first kappa shape index (κ1) is 12.1. The summed E-state index contributed by atoms with van der Waals surface area (Å²) in [5.41, 5.74) is -0.0815. The normalized spacial score (nSPS) is 20.4. The number of halogens is 1. The second-order valence-electron chi connectivity index (χ2n) is 4.06. The molecule has 0 saturated carbocycles. The molecule has 1 aliphatic rings.